The molecule has 0 aliphatic rings. The van der Waals surface area contributed by atoms with Crippen molar-refractivity contribution in [3.8, 4) is 0 Å². The molecule has 82 valence electrons. The van der Waals surface area contributed by atoms with Gasteiger partial charge >= 0.3 is 0 Å². The maximum Gasteiger partial charge on any atom is 0.281 e. The maximum absolute atomic E-state index is 7.50. The van der Waals surface area contributed by atoms with Gasteiger partial charge < -0.3 is 4.85 Å². The minimum atomic E-state index is 0. The Morgan fingerprint density at radius 1 is 0.933 bits per heavy atom. The second-order valence-corrected chi connectivity index (χ2v) is 1.24. The van der Waals surface area contributed by atoms with Crippen LogP contribution in [0, 0.1) is 6.57 Å². The van der Waals surface area contributed by atoms with E-state index >= 15 is 0 Å². The summed E-state index contributed by atoms with van der Waals surface area (Å²) >= 11 is 0. The van der Waals surface area contributed by atoms with E-state index in [1.54, 1.807) is 0 Å². The summed E-state index contributed by atoms with van der Waals surface area (Å²) < 4.78 is 0. The Hall–Kier alpha value is -1.31. The first-order valence-electron chi connectivity index (χ1n) is 3.06. The number of carbonyl (C=O) groups excluding carboxylic acids is 4. The van der Waals surface area contributed by atoms with Gasteiger partial charge in [0.15, 0.2) is 0 Å². The first-order valence-corrected chi connectivity index (χ1v) is 3.06. The molecule has 0 heterocycles. The van der Waals surface area contributed by atoms with Crippen molar-refractivity contribution in [2.75, 3.05) is 6.54 Å². The fraction of sp³-hybridized carbons (Fsp3) is 0.444. The fourth-order valence-corrected chi connectivity index (χ4v) is 0.237. The number of hydrogen-bond donors (Lipinski definition) is 0. The molecule has 5 nitrogen and oxygen atoms in total. The summed E-state index contributed by atoms with van der Waals surface area (Å²) in [6.07, 6.45) is 2.20. The van der Waals surface area contributed by atoms with E-state index in [1.165, 1.54) is 0 Å². The van der Waals surface area contributed by atoms with Gasteiger partial charge in [-0.05, 0) is 6.42 Å². The molecule has 0 aromatic heterocycles. The van der Waals surface area contributed by atoms with E-state index < -0.39 is 0 Å². The van der Waals surface area contributed by atoms with E-state index in [0.717, 1.165) is 12.8 Å². The zero-order valence-corrected chi connectivity index (χ0v) is 9.16. The van der Waals surface area contributed by atoms with E-state index in [1.807, 2.05) is 0 Å². The van der Waals surface area contributed by atoms with Crippen LogP contribution in [0.2, 0.25) is 0 Å². The third-order valence-electron chi connectivity index (χ3n) is 0.623. The molecule has 6 heteroatoms. The van der Waals surface area contributed by atoms with Crippen molar-refractivity contribution in [3.05, 3.63) is 11.4 Å². The molecular weight excluding hydrogens is 242 g/mol. The molecule has 0 spiro atoms. The van der Waals surface area contributed by atoms with Crippen LogP contribution in [-0.2, 0) is 36.2 Å². The van der Waals surface area contributed by atoms with Gasteiger partial charge in [0, 0.05) is 23.5 Å². The smallest absolute Gasteiger partial charge is 0.281 e. The molecule has 0 saturated heterocycles. The van der Waals surface area contributed by atoms with Crippen molar-refractivity contribution in [2.24, 2.45) is 0 Å². The van der Waals surface area contributed by atoms with Crippen LogP contribution in [0.15, 0.2) is 0 Å². The van der Waals surface area contributed by atoms with E-state index in [4.69, 9.17) is 25.8 Å². The third kappa shape index (κ3) is 508. The number of nitrogens with zero attached hydrogens (tertiary/aromatic N) is 1. The Balaban J connectivity index is -0.0000000194. The Morgan fingerprint density at radius 3 is 1.27 bits per heavy atom. The van der Waals surface area contributed by atoms with Crippen LogP contribution in [-0.4, -0.2) is 33.7 Å². The Morgan fingerprint density at radius 2 is 1.20 bits per heavy atom. The van der Waals surface area contributed by atoms with Gasteiger partial charge in [0.2, 0.25) is 6.54 Å². The van der Waals surface area contributed by atoms with Gasteiger partial charge in [0.05, 0.1) is 0 Å². The number of hydrogen-bond acceptors (Lipinski definition) is 4. The van der Waals surface area contributed by atoms with Crippen LogP contribution >= 0.6 is 0 Å². The molecule has 8 radical (unpaired) electrons. The molecule has 0 N–H and O–H groups in total. The van der Waals surface area contributed by atoms with Gasteiger partial charge in [-0.3, -0.25) is 19.2 Å². The maximum atomic E-state index is 7.50. The Labute approximate surface area is 102 Å². The largest absolute Gasteiger partial charge is 0.317 e. The van der Waals surface area contributed by atoms with E-state index in [0.29, 0.717) is 6.54 Å². The van der Waals surface area contributed by atoms with Crippen LogP contribution in [0.1, 0.15) is 19.8 Å². The first kappa shape index (κ1) is 37.3. The number of unbranched alkanes of at least 4 members (excludes halogenated alkanes) is 1. The number of rotatable bonds is 2. The molecule has 0 aromatic carbocycles. The fourth-order valence-electron chi connectivity index (χ4n) is 0.237. The van der Waals surface area contributed by atoms with Crippen molar-refractivity contribution >= 4 is 27.2 Å². The van der Waals surface area contributed by atoms with E-state index in [2.05, 4.69) is 38.9 Å². The third-order valence-corrected chi connectivity index (χ3v) is 0.623. The SMILES string of the molecule is [C-]#[N+]CCCC.[C]=O.[C]=O.[C]=O.[C]=O.[Fe]. The molecule has 0 fully saturated rings. The van der Waals surface area contributed by atoms with Crippen LogP contribution in [0.4, 0.5) is 0 Å². The summed E-state index contributed by atoms with van der Waals surface area (Å²) in [6.45, 7) is 27.1. The minimum absolute atomic E-state index is 0. The average molecular weight is 251 g/mol. The van der Waals surface area contributed by atoms with Crippen molar-refractivity contribution in [1.29, 1.82) is 0 Å². The van der Waals surface area contributed by atoms with Gasteiger partial charge in [-0.15, -0.1) is 0 Å². The molecule has 0 unspecified atom stereocenters. The van der Waals surface area contributed by atoms with Crippen LogP contribution < -0.4 is 0 Å². The van der Waals surface area contributed by atoms with Crippen molar-refractivity contribution in [1.82, 2.24) is 0 Å². The summed E-state index contributed by atoms with van der Waals surface area (Å²) in [5.74, 6) is 0. The van der Waals surface area contributed by atoms with Crippen LogP contribution in [0.3, 0.4) is 0 Å². The van der Waals surface area contributed by atoms with Crippen molar-refractivity contribution in [3.63, 3.8) is 0 Å². The van der Waals surface area contributed by atoms with Gasteiger partial charge in [-0.25, -0.2) is 6.57 Å². The summed E-state index contributed by atoms with van der Waals surface area (Å²) in [4.78, 5) is 33.2. The molecule has 0 saturated carbocycles. The van der Waals surface area contributed by atoms with Gasteiger partial charge in [-0.2, -0.15) is 0 Å². The summed E-state index contributed by atoms with van der Waals surface area (Å²) in [7, 11) is 0. The molecule has 0 bridgehead atoms. The van der Waals surface area contributed by atoms with Gasteiger partial charge in [0.25, 0.3) is 27.2 Å². The molecular formula is C9H9FeNO4. The predicted octanol–water partition coefficient (Wildman–Crippen LogP) is 0.115. The normalized spacial score (nSPS) is 4.00. The van der Waals surface area contributed by atoms with E-state index in [9.17, 15) is 0 Å². The molecule has 0 aliphatic carbocycles. The van der Waals surface area contributed by atoms with Crippen molar-refractivity contribution < 1.29 is 36.2 Å². The second-order valence-electron chi connectivity index (χ2n) is 1.24. The molecule has 15 heavy (non-hydrogen) atoms. The van der Waals surface area contributed by atoms with Gasteiger partial charge in [-0.1, -0.05) is 6.92 Å². The van der Waals surface area contributed by atoms with Crippen LogP contribution in [0.5, 0.6) is 0 Å². The first-order chi connectivity index (χ1) is 6.91. The molecule has 0 rings (SSSR count). The Kier molecular flexibility index (Phi) is 596. The minimum Gasteiger partial charge on any atom is -0.317 e. The predicted molar refractivity (Wildman–Crippen MR) is 49.2 cm³/mol. The average Bonchev–Trinajstić information content (AvgIpc) is 2.36. The standard InChI is InChI=1S/C5H9N.4CO.Fe/c1-3-4-5-6-2;4*1-2;/h3-5H2,1H3;;;;;. The molecule has 0 atom stereocenters. The second kappa shape index (κ2) is 240. The molecule has 0 aromatic rings. The van der Waals surface area contributed by atoms with Gasteiger partial charge in [0.1, 0.15) is 0 Å². The summed E-state index contributed by atoms with van der Waals surface area (Å²) in [5.41, 5.74) is 0. The van der Waals surface area contributed by atoms with Crippen LogP contribution in [0.25, 0.3) is 4.85 Å². The quantitative estimate of drug-likeness (QED) is 0.396. The van der Waals surface area contributed by atoms with Crippen molar-refractivity contribution in [2.45, 2.75) is 19.8 Å². The molecule has 0 amide bonds. The zero-order chi connectivity index (χ0) is 12.8. The monoisotopic (exact) mass is 251 g/mol. The summed E-state index contributed by atoms with van der Waals surface area (Å²) in [5, 5.41) is 0. The molecule has 0 aliphatic heterocycles. The topological polar surface area (TPSA) is 72.6 Å². The van der Waals surface area contributed by atoms with E-state index in [-0.39, 0.29) is 17.1 Å². The summed E-state index contributed by atoms with van der Waals surface area (Å²) in [6, 6.07) is 0. The Bertz CT molecular complexity index is 101. The zero-order valence-electron chi connectivity index (χ0n) is 8.06.